The molecule has 1 fully saturated rings. The van der Waals surface area contributed by atoms with Gasteiger partial charge in [0, 0.05) is 44.4 Å². The zero-order valence-corrected chi connectivity index (χ0v) is 15.1. The number of anilines is 1. The van der Waals surface area contributed by atoms with Gasteiger partial charge in [0.2, 0.25) is 0 Å². The Morgan fingerprint density at radius 3 is 2.76 bits per heavy atom. The average molecular weight is 348 g/mol. The normalized spacial score (nSPS) is 17.2. The maximum atomic E-state index is 12.0. The van der Waals surface area contributed by atoms with Crippen LogP contribution in [0, 0.1) is 5.92 Å². The number of carbonyl (C=O) groups excluding carboxylic acids is 1. The Balaban J connectivity index is 1.41. The first-order valence-electron chi connectivity index (χ1n) is 9.21. The summed E-state index contributed by atoms with van der Waals surface area (Å²) in [4.78, 5) is 12.0. The van der Waals surface area contributed by atoms with Crippen molar-refractivity contribution < 1.29 is 19.0 Å². The SMILES string of the molecule is CC(C)COCCCNC(=O)Nc1ccc2c(c1)OC1(CCCC1)O2. The van der Waals surface area contributed by atoms with Gasteiger partial charge in [0.25, 0.3) is 5.79 Å². The molecule has 0 unspecified atom stereocenters. The molecule has 2 amide bonds. The van der Waals surface area contributed by atoms with Crippen LogP contribution < -0.4 is 20.1 Å². The lowest BCUT2D eigenvalue weighted by Gasteiger charge is -2.21. The molecule has 1 aliphatic carbocycles. The van der Waals surface area contributed by atoms with E-state index in [0.717, 1.165) is 44.5 Å². The van der Waals surface area contributed by atoms with Gasteiger partial charge in [0.1, 0.15) is 0 Å². The molecule has 6 nitrogen and oxygen atoms in total. The number of fused-ring (bicyclic) bond motifs is 1. The van der Waals surface area contributed by atoms with Crippen LogP contribution in [0.2, 0.25) is 0 Å². The number of hydrogen-bond acceptors (Lipinski definition) is 4. The highest BCUT2D eigenvalue weighted by atomic mass is 16.7. The van der Waals surface area contributed by atoms with E-state index in [1.54, 1.807) is 0 Å². The van der Waals surface area contributed by atoms with Crippen LogP contribution in [0.25, 0.3) is 0 Å². The van der Waals surface area contributed by atoms with E-state index in [2.05, 4.69) is 24.5 Å². The molecule has 0 bridgehead atoms. The predicted molar refractivity (Wildman–Crippen MR) is 96.2 cm³/mol. The first-order chi connectivity index (χ1) is 12.1. The molecule has 1 saturated carbocycles. The molecule has 1 spiro atoms. The maximum absolute atomic E-state index is 12.0. The van der Waals surface area contributed by atoms with Crippen molar-refractivity contribution in [3.63, 3.8) is 0 Å². The monoisotopic (exact) mass is 348 g/mol. The van der Waals surface area contributed by atoms with E-state index in [9.17, 15) is 4.79 Å². The lowest BCUT2D eigenvalue weighted by molar-refractivity contribution is -0.0716. The lowest BCUT2D eigenvalue weighted by atomic mass is 10.2. The van der Waals surface area contributed by atoms with Gasteiger partial charge in [-0.3, -0.25) is 0 Å². The van der Waals surface area contributed by atoms with Gasteiger partial charge < -0.3 is 24.8 Å². The number of ether oxygens (including phenoxy) is 3. The number of carbonyl (C=O) groups is 1. The molecule has 0 radical (unpaired) electrons. The Bertz CT molecular complexity index is 597. The number of nitrogens with one attached hydrogen (secondary N) is 2. The van der Waals surface area contributed by atoms with Crippen molar-refractivity contribution in [2.24, 2.45) is 5.92 Å². The van der Waals surface area contributed by atoms with E-state index in [1.807, 2.05) is 18.2 Å². The molecule has 0 atom stereocenters. The first-order valence-corrected chi connectivity index (χ1v) is 9.21. The molecule has 0 aromatic heterocycles. The van der Waals surface area contributed by atoms with Crippen molar-refractivity contribution in [1.82, 2.24) is 5.32 Å². The zero-order valence-electron chi connectivity index (χ0n) is 15.1. The molecule has 1 heterocycles. The van der Waals surface area contributed by atoms with E-state index >= 15 is 0 Å². The molecule has 138 valence electrons. The average Bonchev–Trinajstić information content (AvgIpc) is 3.16. The van der Waals surface area contributed by atoms with Gasteiger partial charge in [-0.1, -0.05) is 13.8 Å². The van der Waals surface area contributed by atoms with Crippen LogP contribution in [0.15, 0.2) is 18.2 Å². The molecule has 2 N–H and O–H groups in total. The number of amides is 2. The summed E-state index contributed by atoms with van der Waals surface area (Å²) in [6.07, 6.45) is 4.89. The van der Waals surface area contributed by atoms with E-state index < -0.39 is 5.79 Å². The fourth-order valence-corrected chi connectivity index (χ4v) is 3.16. The van der Waals surface area contributed by atoms with E-state index in [-0.39, 0.29) is 6.03 Å². The van der Waals surface area contributed by atoms with Crippen molar-refractivity contribution in [3.8, 4) is 11.5 Å². The third-order valence-corrected chi connectivity index (χ3v) is 4.36. The van der Waals surface area contributed by atoms with Crippen LogP contribution in [0.1, 0.15) is 46.0 Å². The van der Waals surface area contributed by atoms with Crippen LogP contribution in [0.5, 0.6) is 11.5 Å². The van der Waals surface area contributed by atoms with Crippen molar-refractivity contribution >= 4 is 11.7 Å². The van der Waals surface area contributed by atoms with Crippen molar-refractivity contribution in [2.75, 3.05) is 25.1 Å². The van der Waals surface area contributed by atoms with Gasteiger partial charge in [-0.15, -0.1) is 0 Å². The fraction of sp³-hybridized carbons (Fsp3) is 0.632. The minimum absolute atomic E-state index is 0.224. The summed E-state index contributed by atoms with van der Waals surface area (Å²) in [5, 5.41) is 5.67. The van der Waals surface area contributed by atoms with Crippen LogP contribution in [0.3, 0.4) is 0 Å². The summed E-state index contributed by atoms with van der Waals surface area (Å²) < 4.78 is 17.5. The molecule has 25 heavy (non-hydrogen) atoms. The van der Waals surface area contributed by atoms with Gasteiger partial charge in [-0.2, -0.15) is 0 Å². The molecule has 0 saturated heterocycles. The Hall–Kier alpha value is -1.95. The van der Waals surface area contributed by atoms with Gasteiger partial charge in [-0.25, -0.2) is 4.79 Å². The van der Waals surface area contributed by atoms with Gasteiger partial charge >= 0.3 is 6.03 Å². The van der Waals surface area contributed by atoms with Crippen LogP contribution in [0.4, 0.5) is 10.5 Å². The number of hydrogen-bond donors (Lipinski definition) is 2. The van der Waals surface area contributed by atoms with Gasteiger partial charge in [0.15, 0.2) is 11.5 Å². The van der Waals surface area contributed by atoms with Gasteiger partial charge in [0.05, 0.1) is 0 Å². The maximum Gasteiger partial charge on any atom is 0.319 e. The van der Waals surface area contributed by atoms with Crippen LogP contribution in [-0.2, 0) is 4.74 Å². The Morgan fingerprint density at radius 2 is 2.00 bits per heavy atom. The zero-order chi connectivity index (χ0) is 17.7. The number of benzene rings is 1. The third-order valence-electron chi connectivity index (χ3n) is 4.36. The second-order valence-electron chi connectivity index (χ2n) is 7.19. The summed E-state index contributed by atoms with van der Waals surface area (Å²) in [6.45, 7) is 6.23. The first kappa shape index (κ1) is 17.9. The standard InChI is InChI=1S/C19H28N2O4/c1-14(2)13-23-11-5-10-20-18(22)21-15-6-7-16-17(12-15)25-19(24-16)8-3-4-9-19/h6-7,12,14H,3-5,8-11,13H2,1-2H3,(H2,20,21,22). The molecule has 3 rings (SSSR count). The Kier molecular flexibility index (Phi) is 5.68. The highest BCUT2D eigenvalue weighted by Crippen LogP contribution is 2.47. The Morgan fingerprint density at radius 1 is 1.24 bits per heavy atom. The number of urea groups is 1. The minimum Gasteiger partial charge on any atom is -0.448 e. The molecule has 1 aromatic rings. The van der Waals surface area contributed by atoms with Crippen molar-refractivity contribution in [3.05, 3.63) is 18.2 Å². The molecule has 6 heteroatoms. The van der Waals surface area contributed by atoms with E-state index in [0.29, 0.717) is 30.5 Å². The summed E-state index contributed by atoms with van der Waals surface area (Å²) >= 11 is 0. The molecule has 2 aliphatic rings. The highest BCUT2D eigenvalue weighted by molar-refractivity contribution is 5.89. The second-order valence-corrected chi connectivity index (χ2v) is 7.19. The van der Waals surface area contributed by atoms with Crippen molar-refractivity contribution in [1.29, 1.82) is 0 Å². The molecular formula is C19H28N2O4. The summed E-state index contributed by atoms with van der Waals surface area (Å²) in [6, 6.07) is 5.30. The largest absolute Gasteiger partial charge is 0.448 e. The van der Waals surface area contributed by atoms with Crippen LogP contribution >= 0.6 is 0 Å². The van der Waals surface area contributed by atoms with Crippen molar-refractivity contribution in [2.45, 2.75) is 51.7 Å². The third kappa shape index (κ3) is 4.78. The van der Waals surface area contributed by atoms with Crippen LogP contribution in [-0.4, -0.2) is 31.6 Å². The Labute approximate surface area is 149 Å². The van der Waals surface area contributed by atoms with E-state index in [4.69, 9.17) is 14.2 Å². The van der Waals surface area contributed by atoms with E-state index in [1.165, 1.54) is 0 Å². The highest BCUT2D eigenvalue weighted by Gasteiger charge is 2.44. The second kappa shape index (κ2) is 7.95. The number of rotatable bonds is 7. The molecular weight excluding hydrogens is 320 g/mol. The lowest BCUT2D eigenvalue weighted by Crippen LogP contribution is -2.34. The molecule has 1 aromatic carbocycles. The fourth-order valence-electron chi connectivity index (χ4n) is 3.16. The smallest absolute Gasteiger partial charge is 0.319 e. The summed E-state index contributed by atoms with van der Waals surface area (Å²) in [5.41, 5.74) is 0.700. The van der Waals surface area contributed by atoms with Gasteiger partial charge in [-0.05, 0) is 37.3 Å². The molecule has 1 aliphatic heterocycles. The summed E-state index contributed by atoms with van der Waals surface area (Å²) in [7, 11) is 0. The predicted octanol–water partition coefficient (Wildman–Crippen LogP) is 3.91. The topological polar surface area (TPSA) is 68.8 Å². The summed E-state index contributed by atoms with van der Waals surface area (Å²) in [5.74, 6) is 1.53. The quantitative estimate of drug-likeness (QED) is 0.733. The minimum atomic E-state index is -0.473.